The van der Waals surface area contributed by atoms with Crippen LogP contribution < -0.4 is 0 Å². The largest absolute Gasteiger partial charge is 0.469 e. The van der Waals surface area contributed by atoms with Crippen molar-refractivity contribution in [1.82, 2.24) is 3.11 Å². The molecule has 0 saturated carbocycles. The first-order valence-electron chi connectivity index (χ1n) is 2.72. The van der Waals surface area contributed by atoms with Crippen LogP contribution in [0.15, 0.2) is 0 Å². The van der Waals surface area contributed by atoms with Crippen LogP contribution in [0.4, 0.5) is 0 Å². The second-order valence-electron chi connectivity index (χ2n) is 2.05. The van der Waals surface area contributed by atoms with E-state index in [9.17, 15) is 4.79 Å². The molecule has 1 aliphatic rings. The first-order chi connectivity index (χ1) is 4.24. The lowest BCUT2D eigenvalue weighted by Crippen LogP contribution is -2.44. The minimum Gasteiger partial charge on any atom is -0.469 e. The van der Waals surface area contributed by atoms with Crippen molar-refractivity contribution >= 4 is 28.8 Å². The van der Waals surface area contributed by atoms with Gasteiger partial charge in [0.15, 0.2) is 0 Å². The Hall–Kier alpha value is 0.160. The third-order valence-corrected chi connectivity index (χ3v) is 2.16. The molecule has 0 N–H and O–H groups in total. The molecule has 0 amide bonds. The Morgan fingerprint density at radius 2 is 2.33 bits per heavy atom. The molecule has 4 heteroatoms. The molecule has 0 aliphatic carbocycles. The number of rotatable bonds is 1. The SMILES string of the molecule is COC(=O)C1CN(I)C1. The summed E-state index contributed by atoms with van der Waals surface area (Å²) in [6.45, 7) is 1.68. The Labute approximate surface area is 67.8 Å². The summed E-state index contributed by atoms with van der Waals surface area (Å²) in [6.07, 6.45) is 0. The van der Waals surface area contributed by atoms with E-state index < -0.39 is 0 Å². The molecule has 1 aliphatic heterocycles. The Kier molecular flexibility index (Phi) is 2.29. The maximum atomic E-state index is 10.7. The molecule has 0 bridgehead atoms. The third-order valence-electron chi connectivity index (χ3n) is 1.37. The highest BCUT2D eigenvalue weighted by molar-refractivity contribution is 14.1. The van der Waals surface area contributed by atoms with E-state index in [0.717, 1.165) is 13.1 Å². The van der Waals surface area contributed by atoms with Gasteiger partial charge in [0.2, 0.25) is 0 Å². The van der Waals surface area contributed by atoms with Gasteiger partial charge in [-0.2, -0.15) is 0 Å². The number of hydrogen-bond donors (Lipinski definition) is 0. The van der Waals surface area contributed by atoms with Crippen molar-refractivity contribution < 1.29 is 9.53 Å². The molecular weight excluding hydrogens is 233 g/mol. The Morgan fingerprint density at radius 1 is 1.78 bits per heavy atom. The number of nitrogens with zero attached hydrogens (tertiary/aromatic N) is 1. The molecule has 0 aromatic rings. The van der Waals surface area contributed by atoms with Crippen molar-refractivity contribution in [2.24, 2.45) is 5.92 Å². The second kappa shape index (κ2) is 2.83. The minimum absolute atomic E-state index is 0.0806. The fourth-order valence-electron chi connectivity index (χ4n) is 0.741. The van der Waals surface area contributed by atoms with Gasteiger partial charge in [-0.3, -0.25) is 4.79 Å². The summed E-state index contributed by atoms with van der Waals surface area (Å²) in [7, 11) is 1.43. The number of carbonyl (C=O) groups is 1. The number of esters is 1. The zero-order valence-electron chi connectivity index (χ0n) is 5.13. The molecular formula is C5H8INO2. The van der Waals surface area contributed by atoms with Crippen molar-refractivity contribution in [3.8, 4) is 0 Å². The predicted molar refractivity (Wildman–Crippen MR) is 41.1 cm³/mol. The molecule has 52 valence electrons. The van der Waals surface area contributed by atoms with Gasteiger partial charge >= 0.3 is 5.97 Å². The van der Waals surface area contributed by atoms with E-state index in [1.54, 1.807) is 0 Å². The average molecular weight is 241 g/mol. The van der Waals surface area contributed by atoms with Crippen molar-refractivity contribution in [1.29, 1.82) is 0 Å². The van der Waals surface area contributed by atoms with E-state index in [4.69, 9.17) is 0 Å². The van der Waals surface area contributed by atoms with Gasteiger partial charge in [-0.25, -0.2) is 3.11 Å². The van der Waals surface area contributed by atoms with E-state index in [1.807, 2.05) is 0 Å². The number of methoxy groups -OCH3 is 1. The number of halogens is 1. The predicted octanol–water partition coefficient (Wildman–Crippen LogP) is 0.441. The third kappa shape index (κ3) is 1.54. The Morgan fingerprint density at radius 3 is 2.67 bits per heavy atom. The first kappa shape index (κ1) is 7.27. The highest BCUT2D eigenvalue weighted by Crippen LogP contribution is 2.19. The number of hydrogen-bond acceptors (Lipinski definition) is 3. The summed E-state index contributed by atoms with van der Waals surface area (Å²) in [4.78, 5) is 10.7. The molecule has 0 aromatic carbocycles. The zero-order valence-corrected chi connectivity index (χ0v) is 7.29. The van der Waals surface area contributed by atoms with Crippen LogP contribution in [0.3, 0.4) is 0 Å². The maximum absolute atomic E-state index is 10.7. The van der Waals surface area contributed by atoms with Crippen LogP contribution >= 0.6 is 22.9 Å². The van der Waals surface area contributed by atoms with Gasteiger partial charge in [0.25, 0.3) is 0 Å². The van der Waals surface area contributed by atoms with Crippen molar-refractivity contribution in [3.63, 3.8) is 0 Å². The Balaban J connectivity index is 2.23. The normalized spacial score (nSPS) is 21.1. The van der Waals surface area contributed by atoms with Gasteiger partial charge in [-0.05, 0) is 0 Å². The van der Waals surface area contributed by atoms with Crippen LogP contribution in [0.25, 0.3) is 0 Å². The molecule has 0 radical (unpaired) electrons. The van der Waals surface area contributed by atoms with Gasteiger partial charge in [0, 0.05) is 36.0 Å². The van der Waals surface area contributed by atoms with Crippen LogP contribution in [-0.4, -0.2) is 29.3 Å². The highest BCUT2D eigenvalue weighted by Gasteiger charge is 2.31. The van der Waals surface area contributed by atoms with Crippen LogP contribution in [0, 0.1) is 5.92 Å². The summed E-state index contributed by atoms with van der Waals surface area (Å²) in [5, 5.41) is 0. The molecule has 1 fully saturated rings. The fourth-order valence-corrected chi connectivity index (χ4v) is 1.69. The summed E-state index contributed by atoms with van der Waals surface area (Å²) >= 11 is 2.18. The topological polar surface area (TPSA) is 29.5 Å². The van der Waals surface area contributed by atoms with E-state index in [0.29, 0.717) is 0 Å². The van der Waals surface area contributed by atoms with E-state index in [2.05, 4.69) is 30.7 Å². The Bertz CT molecular complexity index is 122. The van der Waals surface area contributed by atoms with E-state index in [1.165, 1.54) is 7.11 Å². The van der Waals surface area contributed by atoms with E-state index in [-0.39, 0.29) is 11.9 Å². The number of carbonyl (C=O) groups excluding carboxylic acids is 1. The maximum Gasteiger partial charge on any atom is 0.311 e. The molecule has 1 heterocycles. The molecule has 0 aromatic heterocycles. The monoisotopic (exact) mass is 241 g/mol. The lowest BCUT2D eigenvalue weighted by Gasteiger charge is -2.31. The van der Waals surface area contributed by atoms with Gasteiger partial charge in [0.1, 0.15) is 0 Å². The standard InChI is InChI=1S/C5H8INO2/c1-9-5(8)4-2-7(6)3-4/h4H,2-3H2,1H3. The van der Waals surface area contributed by atoms with Gasteiger partial charge in [-0.15, -0.1) is 0 Å². The van der Waals surface area contributed by atoms with Gasteiger partial charge in [-0.1, -0.05) is 0 Å². The van der Waals surface area contributed by atoms with Crippen molar-refractivity contribution in [3.05, 3.63) is 0 Å². The van der Waals surface area contributed by atoms with Gasteiger partial charge < -0.3 is 4.74 Å². The molecule has 0 atom stereocenters. The molecule has 9 heavy (non-hydrogen) atoms. The summed E-state index contributed by atoms with van der Waals surface area (Å²) in [6, 6.07) is 0. The smallest absolute Gasteiger partial charge is 0.311 e. The molecule has 1 saturated heterocycles. The molecule has 3 nitrogen and oxygen atoms in total. The highest BCUT2D eigenvalue weighted by atomic mass is 127. The lowest BCUT2D eigenvalue weighted by molar-refractivity contribution is -0.148. The summed E-state index contributed by atoms with van der Waals surface area (Å²) < 4.78 is 6.59. The quantitative estimate of drug-likeness (QED) is 0.379. The molecule has 0 spiro atoms. The van der Waals surface area contributed by atoms with Crippen molar-refractivity contribution in [2.45, 2.75) is 0 Å². The first-order valence-corrected chi connectivity index (χ1v) is 3.69. The van der Waals surface area contributed by atoms with E-state index >= 15 is 0 Å². The van der Waals surface area contributed by atoms with Crippen LogP contribution in [-0.2, 0) is 9.53 Å². The summed E-state index contributed by atoms with van der Waals surface area (Å²) in [5.41, 5.74) is 0. The van der Waals surface area contributed by atoms with Crippen molar-refractivity contribution in [2.75, 3.05) is 20.2 Å². The average Bonchev–Trinajstić information content (AvgIpc) is 1.79. The van der Waals surface area contributed by atoms with Crippen LogP contribution in [0.1, 0.15) is 0 Å². The molecule has 0 unspecified atom stereocenters. The minimum atomic E-state index is -0.0806. The van der Waals surface area contributed by atoms with Crippen LogP contribution in [0.5, 0.6) is 0 Å². The zero-order chi connectivity index (χ0) is 6.85. The summed E-state index contributed by atoms with van der Waals surface area (Å²) in [5.74, 6) is 0.0508. The second-order valence-corrected chi connectivity index (χ2v) is 3.41. The fraction of sp³-hybridized carbons (Fsp3) is 0.800. The van der Waals surface area contributed by atoms with Gasteiger partial charge in [0.05, 0.1) is 13.0 Å². The van der Waals surface area contributed by atoms with Crippen LogP contribution in [0.2, 0.25) is 0 Å². The molecule has 1 rings (SSSR count). The lowest BCUT2D eigenvalue weighted by atomic mass is 10.0. The number of ether oxygens (including phenoxy) is 1.